The summed E-state index contributed by atoms with van der Waals surface area (Å²) in [6.45, 7) is 0. The molecule has 0 heterocycles. The second-order valence-corrected chi connectivity index (χ2v) is 5.69. The van der Waals surface area contributed by atoms with Crippen LogP contribution in [0.25, 0.3) is 0 Å². The van der Waals surface area contributed by atoms with Crippen molar-refractivity contribution in [1.82, 2.24) is 0 Å². The van der Waals surface area contributed by atoms with Crippen LogP contribution < -0.4 is 10.5 Å². The zero-order valence-electron chi connectivity index (χ0n) is 10.2. The smallest absolute Gasteiger partial charge is 0.261 e. The van der Waals surface area contributed by atoms with E-state index in [2.05, 4.69) is 4.72 Å². The van der Waals surface area contributed by atoms with Crippen LogP contribution in [-0.4, -0.2) is 14.3 Å². The highest BCUT2D eigenvalue weighted by atomic mass is 32.2. The minimum Gasteiger partial charge on any atom is -0.366 e. The molecule has 0 saturated heterocycles. The summed E-state index contributed by atoms with van der Waals surface area (Å²) in [6, 6.07) is 10.2. The number of primary amides is 1. The largest absolute Gasteiger partial charge is 0.366 e. The fourth-order valence-electron chi connectivity index (χ4n) is 1.55. The summed E-state index contributed by atoms with van der Waals surface area (Å²) in [4.78, 5) is 10.7. The highest BCUT2D eigenvalue weighted by Crippen LogP contribution is 2.17. The number of anilines is 1. The molecule has 0 aliphatic rings. The molecule has 3 N–H and O–H groups in total. The van der Waals surface area contributed by atoms with E-state index in [0.29, 0.717) is 0 Å². The molecule has 0 fully saturated rings. The van der Waals surface area contributed by atoms with E-state index in [1.54, 1.807) is 0 Å². The van der Waals surface area contributed by atoms with Crippen LogP contribution in [0.15, 0.2) is 53.4 Å². The number of rotatable bonds is 4. The summed E-state index contributed by atoms with van der Waals surface area (Å²) in [5.74, 6) is -1.25. The van der Waals surface area contributed by atoms with Crippen LogP contribution in [0.1, 0.15) is 10.4 Å². The SMILES string of the molecule is NC(=O)c1ccc(NS(=O)(=O)c2cccc(F)c2)cc1. The summed E-state index contributed by atoms with van der Waals surface area (Å²) >= 11 is 0. The summed E-state index contributed by atoms with van der Waals surface area (Å²) < 4.78 is 39.3. The topological polar surface area (TPSA) is 89.3 Å². The van der Waals surface area contributed by atoms with Gasteiger partial charge in [0, 0.05) is 11.3 Å². The van der Waals surface area contributed by atoms with Crippen molar-refractivity contribution in [2.75, 3.05) is 4.72 Å². The monoisotopic (exact) mass is 294 g/mol. The second-order valence-electron chi connectivity index (χ2n) is 4.00. The maximum absolute atomic E-state index is 13.0. The average Bonchev–Trinajstić information content (AvgIpc) is 2.39. The summed E-state index contributed by atoms with van der Waals surface area (Å²) in [5, 5.41) is 0. The number of halogens is 1. The van der Waals surface area contributed by atoms with Crippen molar-refractivity contribution < 1.29 is 17.6 Å². The molecular weight excluding hydrogens is 283 g/mol. The zero-order valence-corrected chi connectivity index (χ0v) is 11.0. The minimum atomic E-state index is -3.88. The van der Waals surface area contributed by atoms with Crippen LogP contribution in [-0.2, 0) is 10.0 Å². The Bertz CT molecular complexity index is 742. The molecule has 5 nitrogen and oxygen atoms in total. The lowest BCUT2D eigenvalue weighted by Gasteiger charge is -2.08. The van der Waals surface area contributed by atoms with E-state index in [9.17, 15) is 17.6 Å². The molecule has 2 aromatic carbocycles. The fourth-order valence-corrected chi connectivity index (χ4v) is 2.64. The Kier molecular flexibility index (Phi) is 3.71. The predicted octanol–water partition coefficient (Wildman–Crippen LogP) is 1.73. The van der Waals surface area contributed by atoms with Crippen LogP contribution in [0.4, 0.5) is 10.1 Å². The average molecular weight is 294 g/mol. The molecule has 7 heteroatoms. The van der Waals surface area contributed by atoms with Crippen molar-refractivity contribution in [2.24, 2.45) is 5.73 Å². The lowest BCUT2D eigenvalue weighted by Crippen LogP contribution is -2.14. The maximum Gasteiger partial charge on any atom is 0.261 e. The van der Waals surface area contributed by atoms with Crippen LogP contribution in [0.3, 0.4) is 0 Å². The van der Waals surface area contributed by atoms with Crippen LogP contribution in [0, 0.1) is 5.82 Å². The lowest BCUT2D eigenvalue weighted by atomic mass is 10.2. The van der Waals surface area contributed by atoms with E-state index in [-0.39, 0.29) is 16.1 Å². The third-order valence-corrected chi connectivity index (χ3v) is 3.91. The summed E-state index contributed by atoms with van der Waals surface area (Å²) in [6.07, 6.45) is 0. The molecule has 0 radical (unpaired) electrons. The molecule has 2 rings (SSSR count). The molecule has 0 spiro atoms. The van der Waals surface area contributed by atoms with Crippen LogP contribution >= 0.6 is 0 Å². The molecule has 104 valence electrons. The number of nitrogens with one attached hydrogen (secondary N) is 1. The first-order chi connectivity index (χ1) is 9.38. The van der Waals surface area contributed by atoms with Gasteiger partial charge in [-0.2, -0.15) is 0 Å². The third-order valence-electron chi connectivity index (χ3n) is 2.53. The van der Waals surface area contributed by atoms with E-state index < -0.39 is 21.7 Å². The number of hydrogen-bond acceptors (Lipinski definition) is 3. The Hall–Kier alpha value is -2.41. The van der Waals surface area contributed by atoms with Crippen molar-refractivity contribution in [1.29, 1.82) is 0 Å². The first-order valence-electron chi connectivity index (χ1n) is 5.57. The predicted molar refractivity (Wildman–Crippen MR) is 72.2 cm³/mol. The van der Waals surface area contributed by atoms with E-state index in [1.807, 2.05) is 0 Å². The molecule has 1 amide bonds. The van der Waals surface area contributed by atoms with Crippen molar-refractivity contribution in [3.05, 3.63) is 59.9 Å². The van der Waals surface area contributed by atoms with Crippen molar-refractivity contribution in [3.63, 3.8) is 0 Å². The Labute approximate surface area is 115 Å². The van der Waals surface area contributed by atoms with Crippen molar-refractivity contribution >= 4 is 21.6 Å². The number of nitrogens with two attached hydrogens (primary N) is 1. The van der Waals surface area contributed by atoms with Crippen LogP contribution in [0.2, 0.25) is 0 Å². The molecule has 0 aliphatic carbocycles. The van der Waals surface area contributed by atoms with Gasteiger partial charge in [0.25, 0.3) is 10.0 Å². The molecule has 20 heavy (non-hydrogen) atoms. The number of sulfonamides is 1. The zero-order chi connectivity index (χ0) is 14.8. The lowest BCUT2D eigenvalue weighted by molar-refractivity contribution is 0.100. The molecule has 0 atom stereocenters. The maximum atomic E-state index is 13.0. The number of carbonyl (C=O) groups is 1. The third kappa shape index (κ3) is 3.12. The highest BCUT2D eigenvalue weighted by molar-refractivity contribution is 7.92. The molecular formula is C13H11FN2O3S. The van der Waals surface area contributed by atoms with Gasteiger partial charge in [0.05, 0.1) is 4.90 Å². The number of hydrogen-bond donors (Lipinski definition) is 2. The number of carbonyl (C=O) groups excluding carboxylic acids is 1. The first kappa shape index (κ1) is 14.0. The fraction of sp³-hybridized carbons (Fsp3) is 0. The highest BCUT2D eigenvalue weighted by Gasteiger charge is 2.14. The quantitative estimate of drug-likeness (QED) is 0.899. The van der Waals surface area contributed by atoms with Gasteiger partial charge in [0.1, 0.15) is 5.82 Å². The summed E-state index contributed by atoms with van der Waals surface area (Å²) in [7, 11) is -3.88. The molecule has 0 unspecified atom stereocenters. The van der Waals surface area contributed by atoms with E-state index in [0.717, 1.165) is 12.1 Å². The van der Waals surface area contributed by atoms with E-state index in [1.165, 1.54) is 36.4 Å². The van der Waals surface area contributed by atoms with Gasteiger partial charge in [0.15, 0.2) is 0 Å². The standard InChI is InChI=1S/C13H11FN2O3S/c14-10-2-1-3-12(8-10)20(18,19)16-11-6-4-9(5-7-11)13(15)17/h1-8,16H,(H2,15,17). The van der Waals surface area contributed by atoms with E-state index in [4.69, 9.17) is 5.73 Å². The van der Waals surface area contributed by atoms with Gasteiger partial charge in [-0.05, 0) is 42.5 Å². The Morgan fingerprint density at radius 3 is 2.30 bits per heavy atom. The molecule has 0 aromatic heterocycles. The normalized spacial score (nSPS) is 11.1. The van der Waals surface area contributed by atoms with Gasteiger partial charge < -0.3 is 5.73 Å². The Balaban J connectivity index is 2.26. The minimum absolute atomic E-state index is 0.184. The van der Waals surface area contributed by atoms with E-state index >= 15 is 0 Å². The van der Waals surface area contributed by atoms with Crippen molar-refractivity contribution in [2.45, 2.75) is 4.90 Å². The van der Waals surface area contributed by atoms with Gasteiger partial charge in [0.2, 0.25) is 5.91 Å². The van der Waals surface area contributed by atoms with Gasteiger partial charge in [-0.25, -0.2) is 12.8 Å². The first-order valence-corrected chi connectivity index (χ1v) is 7.05. The second kappa shape index (κ2) is 5.30. The number of amides is 1. The molecule has 0 saturated carbocycles. The van der Waals surface area contributed by atoms with Crippen molar-refractivity contribution in [3.8, 4) is 0 Å². The van der Waals surface area contributed by atoms with Gasteiger partial charge in [-0.15, -0.1) is 0 Å². The van der Waals surface area contributed by atoms with Gasteiger partial charge >= 0.3 is 0 Å². The number of benzene rings is 2. The molecule has 2 aromatic rings. The summed E-state index contributed by atoms with van der Waals surface area (Å²) in [5.41, 5.74) is 5.59. The molecule has 0 bridgehead atoms. The van der Waals surface area contributed by atoms with Gasteiger partial charge in [-0.3, -0.25) is 9.52 Å². The Morgan fingerprint density at radius 1 is 1.10 bits per heavy atom. The van der Waals surface area contributed by atoms with Gasteiger partial charge in [-0.1, -0.05) is 6.07 Å². The van der Waals surface area contributed by atoms with Crippen LogP contribution in [0.5, 0.6) is 0 Å². The molecule has 0 aliphatic heterocycles. The Morgan fingerprint density at radius 2 is 1.75 bits per heavy atom.